The molecule has 0 radical (unpaired) electrons. The molecule has 1 fully saturated rings. The molecule has 0 unspecified atom stereocenters. The van der Waals surface area contributed by atoms with Gasteiger partial charge >= 0.3 is 6.03 Å². The van der Waals surface area contributed by atoms with E-state index in [1.54, 1.807) is 7.11 Å². The number of hydrogen-bond acceptors (Lipinski definition) is 3. The molecule has 3 rings (SSSR count). The predicted molar refractivity (Wildman–Crippen MR) is 94.2 cm³/mol. The van der Waals surface area contributed by atoms with Crippen molar-refractivity contribution in [3.63, 3.8) is 0 Å². The topological polar surface area (TPSA) is 70.6 Å². The van der Waals surface area contributed by atoms with Gasteiger partial charge in [0.2, 0.25) is 0 Å². The van der Waals surface area contributed by atoms with Crippen molar-refractivity contribution in [2.24, 2.45) is 5.41 Å². The number of para-hydroxylation sites is 1. The lowest BCUT2D eigenvalue weighted by atomic mass is 10.0. The van der Waals surface area contributed by atoms with Crippen LogP contribution in [0.3, 0.4) is 0 Å². The Bertz CT molecular complexity index is 726. The molecular weight excluding hydrogens is 304 g/mol. The molecule has 2 aromatic carbocycles. The minimum atomic E-state index is -0.257. The lowest BCUT2D eigenvalue weighted by Crippen LogP contribution is -2.35. The molecule has 0 spiro atoms. The molecular formula is C19H22N2O3. The van der Waals surface area contributed by atoms with Gasteiger partial charge in [-0.2, -0.15) is 0 Å². The van der Waals surface area contributed by atoms with Crippen LogP contribution in [0, 0.1) is 5.41 Å². The van der Waals surface area contributed by atoms with Crippen LogP contribution in [0.25, 0.3) is 11.1 Å². The Morgan fingerprint density at radius 2 is 2.00 bits per heavy atom. The van der Waals surface area contributed by atoms with Gasteiger partial charge in [0.1, 0.15) is 5.75 Å². The Balaban J connectivity index is 1.68. The molecule has 1 saturated carbocycles. The molecule has 3 N–H and O–H groups in total. The molecule has 0 aromatic heterocycles. The van der Waals surface area contributed by atoms with Crippen molar-refractivity contribution in [1.82, 2.24) is 5.32 Å². The number of urea groups is 1. The van der Waals surface area contributed by atoms with E-state index in [-0.39, 0.29) is 18.1 Å². The molecule has 5 heteroatoms. The van der Waals surface area contributed by atoms with Gasteiger partial charge in [0, 0.05) is 23.2 Å². The summed E-state index contributed by atoms with van der Waals surface area (Å²) >= 11 is 0. The number of ether oxygens (including phenoxy) is 1. The molecule has 24 heavy (non-hydrogen) atoms. The maximum atomic E-state index is 12.0. The van der Waals surface area contributed by atoms with Crippen LogP contribution < -0.4 is 15.4 Å². The number of nitrogens with one attached hydrogen (secondary N) is 2. The number of methoxy groups -OCH3 is 1. The molecule has 126 valence electrons. The maximum absolute atomic E-state index is 12.0. The highest BCUT2D eigenvalue weighted by atomic mass is 16.5. The van der Waals surface area contributed by atoms with Crippen molar-refractivity contribution in [3.8, 4) is 16.9 Å². The van der Waals surface area contributed by atoms with Crippen LogP contribution >= 0.6 is 0 Å². The van der Waals surface area contributed by atoms with Gasteiger partial charge in [-0.25, -0.2) is 4.79 Å². The van der Waals surface area contributed by atoms with Crippen molar-refractivity contribution in [1.29, 1.82) is 0 Å². The van der Waals surface area contributed by atoms with Crippen LogP contribution in [0.4, 0.5) is 10.5 Å². The van der Waals surface area contributed by atoms with Crippen LogP contribution in [-0.4, -0.2) is 31.4 Å². The van der Waals surface area contributed by atoms with Gasteiger partial charge in [0.25, 0.3) is 0 Å². The molecule has 0 bridgehead atoms. The second-order valence-corrected chi connectivity index (χ2v) is 6.25. The average molecular weight is 326 g/mol. The number of rotatable bonds is 6. The number of hydrogen-bond donors (Lipinski definition) is 3. The van der Waals surface area contributed by atoms with E-state index < -0.39 is 0 Å². The molecule has 2 amide bonds. The highest BCUT2D eigenvalue weighted by Crippen LogP contribution is 2.44. The van der Waals surface area contributed by atoms with Gasteiger partial charge in [-0.3, -0.25) is 0 Å². The number of amides is 2. The molecule has 0 aliphatic heterocycles. The summed E-state index contributed by atoms with van der Waals surface area (Å²) in [4.78, 5) is 12.0. The van der Waals surface area contributed by atoms with Crippen molar-refractivity contribution >= 4 is 11.7 Å². The van der Waals surface area contributed by atoms with Crippen LogP contribution in [-0.2, 0) is 0 Å². The zero-order chi connectivity index (χ0) is 17.0. The van der Waals surface area contributed by atoms with Gasteiger partial charge in [-0.1, -0.05) is 30.3 Å². The quantitative estimate of drug-likeness (QED) is 0.763. The number of carbonyl (C=O) groups excluding carboxylic acids is 1. The Labute approximate surface area is 141 Å². The van der Waals surface area contributed by atoms with Crippen molar-refractivity contribution < 1.29 is 14.6 Å². The minimum absolute atomic E-state index is 0.101. The number of benzene rings is 2. The van der Waals surface area contributed by atoms with E-state index in [0.29, 0.717) is 12.2 Å². The smallest absolute Gasteiger partial charge is 0.319 e. The third kappa shape index (κ3) is 3.68. The summed E-state index contributed by atoms with van der Waals surface area (Å²) in [6.45, 7) is 0.623. The average Bonchev–Trinajstić information content (AvgIpc) is 3.41. The summed E-state index contributed by atoms with van der Waals surface area (Å²) in [5, 5.41) is 15.0. The van der Waals surface area contributed by atoms with Crippen molar-refractivity contribution in [2.75, 3.05) is 25.6 Å². The lowest BCUT2D eigenvalue weighted by Gasteiger charge is -2.14. The Morgan fingerprint density at radius 1 is 1.21 bits per heavy atom. The fourth-order valence-electron chi connectivity index (χ4n) is 2.66. The number of carbonyl (C=O) groups is 1. The zero-order valence-corrected chi connectivity index (χ0v) is 13.7. The third-order valence-electron chi connectivity index (χ3n) is 4.45. The van der Waals surface area contributed by atoms with E-state index in [2.05, 4.69) is 10.6 Å². The Kier molecular flexibility index (Phi) is 4.71. The van der Waals surface area contributed by atoms with Gasteiger partial charge in [-0.15, -0.1) is 0 Å². The zero-order valence-electron chi connectivity index (χ0n) is 13.7. The standard InChI is InChI=1S/C19H22N2O3/c1-24-17-8-3-2-7-16(17)14-5-4-6-15(11-14)21-18(23)20-12-19(13-22)9-10-19/h2-8,11,22H,9-10,12-13H2,1H3,(H2,20,21,23). The Morgan fingerprint density at radius 3 is 2.71 bits per heavy atom. The van der Waals surface area contributed by atoms with Crippen molar-refractivity contribution in [3.05, 3.63) is 48.5 Å². The summed E-state index contributed by atoms with van der Waals surface area (Å²) in [6, 6.07) is 15.1. The Hall–Kier alpha value is -2.53. The van der Waals surface area contributed by atoms with Crippen LogP contribution in [0.2, 0.25) is 0 Å². The second kappa shape index (κ2) is 6.93. The minimum Gasteiger partial charge on any atom is -0.496 e. The van der Waals surface area contributed by atoms with E-state index in [1.165, 1.54) is 0 Å². The fraction of sp³-hybridized carbons (Fsp3) is 0.316. The van der Waals surface area contributed by atoms with Crippen LogP contribution in [0.5, 0.6) is 5.75 Å². The van der Waals surface area contributed by atoms with E-state index in [1.807, 2.05) is 48.5 Å². The van der Waals surface area contributed by atoms with Gasteiger partial charge in [-0.05, 0) is 36.6 Å². The molecule has 0 heterocycles. The second-order valence-electron chi connectivity index (χ2n) is 6.25. The molecule has 0 atom stereocenters. The summed E-state index contributed by atoms with van der Waals surface area (Å²) in [6.07, 6.45) is 1.93. The van der Waals surface area contributed by atoms with E-state index in [0.717, 1.165) is 29.7 Å². The first-order valence-corrected chi connectivity index (χ1v) is 8.05. The largest absolute Gasteiger partial charge is 0.496 e. The number of anilines is 1. The van der Waals surface area contributed by atoms with Gasteiger partial charge < -0.3 is 20.5 Å². The predicted octanol–water partition coefficient (Wildman–Crippen LogP) is 3.26. The molecule has 5 nitrogen and oxygen atoms in total. The fourth-order valence-corrected chi connectivity index (χ4v) is 2.66. The first kappa shape index (κ1) is 16.3. The van der Waals surface area contributed by atoms with Crippen LogP contribution in [0.15, 0.2) is 48.5 Å². The third-order valence-corrected chi connectivity index (χ3v) is 4.45. The SMILES string of the molecule is COc1ccccc1-c1cccc(NC(=O)NCC2(CO)CC2)c1. The normalized spacial score (nSPS) is 14.8. The first-order valence-electron chi connectivity index (χ1n) is 8.05. The highest BCUT2D eigenvalue weighted by Gasteiger charge is 2.42. The van der Waals surface area contributed by atoms with E-state index >= 15 is 0 Å². The molecule has 1 aliphatic carbocycles. The van der Waals surface area contributed by atoms with Crippen molar-refractivity contribution in [2.45, 2.75) is 12.8 Å². The van der Waals surface area contributed by atoms with Gasteiger partial charge in [0.05, 0.1) is 13.7 Å². The van der Waals surface area contributed by atoms with Gasteiger partial charge in [0.15, 0.2) is 0 Å². The number of aliphatic hydroxyl groups is 1. The first-order chi connectivity index (χ1) is 11.7. The highest BCUT2D eigenvalue weighted by molar-refractivity contribution is 5.90. The molecule has 2 aromatic rings. The van der Waals surface area contributed by atoms with E-state index in [4.69, 9.17) is 4.74 Å². The van der Waals surface area contributed by atoms with Crippen LogP contribution in [0.1, 0.15) is 12.8 Å². The summed E-state index contributed by atoms with van der Waals surface area (Å²) < 4.78 is 5.39. The van der Waals surface area contributed by atoms with E-state index in [9.17, 15) is 9.90 Å². The summed E-state index contributed by atoms with van der Waals surface area (Å²) in [5.41, 5.74) is 2.56. The summed E-state index contributed by atoms with van der Waals surface area (Å²) in [7, 11) is 1.64. The maximum Gasteiger partial charge on any atom is 0.319 e. The molecule has 0 saturated heterocycles. The lowest BCUT2D eigenvalue weighted by molar-refractivity contribution is 0.206. The monoisotopic (exact) mass is 326 g/mol. The summed E-state index contributed by atoms with van der Waals surface area (Å²) in [5.74, 6) is 0.790. The number of aliphatic hydroxyl groups excluding tert-OH is 1. The molecule has 1 aliphatic rings.